The summed E-state index contributed by atoms with van der Waals surface area (Å²) in [7, 11) is 0. The van der Waals surface area contributed by atoms with Gasteiger partial charge in [0.1, 0.15) is 6.10 Å². The van der Waals surface area contributed by atoms with E-state index in [2.05, 4.69) is 4.74 Å². The number of ether oxygens (including phenoxy) is 2. The Morgan fingerprint density at radius 2 is 2.31 bits per heavy atom. The molecule has 1 heterocycles. The molecule has 0 amide bonds. The van der Waals surface area contributed by atoms with E-state index in [0.29, 0.717) is 0 Å². The summed E-state index contributed by atoms with van der Waals surface area (Å²) in [6.45, 7) is 3.45. The molecule has 13 heavy (non-hydrogen) atoms. The summed E-state index contributed by atoms with van der Waals surface area (Å²) in [6.07, 6.45) is -0.535. The summed E-state index contributed by atoms with van der Waals surface area (Å²) in [5.41, 5.74) is 5.45. The molecule has 0 saturated carbocycles. The van der Waals surface area contributed by atoms with Crippen LogP contribution in [0.25, 0.3) is 0 Å². The van der Waals surface area contributed by atoms with Crippen LogP contribution >= 0.6 is 0 Å². The Kier molecular flexibility index (Phi) is 2.55. The molecule has 0 saturated heterocycles. The molecule has 0 spiro atoms. The van der Waals surface area contributed by atoms with Crippen LogP contribution < -0.4 is 5.73 Å². The van der Waals surface area contributed by atoms with Crippen LogP contribution in [-0.2, 0) is 19.1 Å². The molecule has 0 aromatic heterocycles. The SMILES string of the molecule is CCOC(=O)C1=C(N)C(C)OC1=O. The van der Waals surface area contributed by atoms with Crippen LogP contribution in [0.15, 0.2) is 11.3 Å². The second kappa shape index (κ2) is 3.47. The molecule has 72 valence electrons. The van der Waals surface area contributed by atoms with Gasteiger partial charge in [-0.05, 0) is 13.8 Å². The number of hydrogen-bond acceptors (Lipinski definition) is 5. The average Bonchev–Trinajstić information content (AvgIpc) is 2.27. The number of carbonyl (C=O) groups excluding carboxylic acids is 2. The van der Waals surface area contributed by atoms with Crippen molar-refractivity contribution in [3.8, 4) is 0 Å². The highest BCUT2D eigenvalue weighted by molar-refractivity contribution is 6.16. The summed E-state index contributed by atoms with van der Waals surface area (Å²) in [6, 6.07) is 0. The first-order valence-electron chi connectivity index (χ1n) is 3.95. The first kappa shape index (κ1) is 9.57. The molecule has 0 aromatic rings. The van der Waals surface area contributed by atoms with Crippen molar-refractivity contribution in [2.24, 2.45) is 5.73 Å². The number of rotatable bonds is 2. The average molecular weight is 185 g/mol. The number of carbonyl (C=O) groups is 2. The fourth-order valence-electron chi connectivity index (χ4n) is 1.01. The number of hydrogen-bond donors (Lipinski definition) is 1. The molecule has 0 radical (unpaired) electrons. The third-order valence-electron chi connectivity index (χ3n) is 1.69. The van der Waals surface area contributed by atoms with Crippen molar-refractivity contribution in [3.05, 3.63) is 11.3 Å². The topological polar surface area (TPSA) is 78.6 Å². The minimum atomic E-state index is -0.714. The Bertz CT molecular complexity index is 282. The van der Waals surface area contributed by atoms with Crippen LogP contribution in [0.1, 0.15) is 13.8 Å². The van der Waals surface area contributed by atoms with Crippen molar-refractivity contribution in [2.75, 3.05) is 6.61 Å². The van der Waals surface area contributed by atoms with Crippen molar-refractivity contribution >= 4 is 11.9 Å². The Morgan fingerprint density at radius 1 is 1.69 bits per heavy atom. The third kappa shape index (κ3) is 1.63. The molecule has 1 unspecified atom stereocenters. The fraction of sp³-hybridized carbons (Fsp3) is 0.500. The molecule has 0 bridgehead atoms. The molecule has 1 aliphatic rings. The highest BCUT2D eigenvalue weighted by Crippen LogP contribution is 2.19. The highest BCUT2D eigenvalue weighted by atomic mass is 16.6. The van der Waals surface area contributed by atoms with Gasteiger partial charge in [-0.2, -0.15) is 0 Å². The largest absolute Gasteiger partial charge is 0.462 e. The first-order valence-corrected chi connectivity index (χ1v) is 3.95. The zero-order valence-electron chi connectivity index (χ0n) is 7.49. The maximum absolute atomic E-state index is 11.2. The molecule has 2 N–H and O–H groups in total. The Labute approximate surface area is 75.5 Å². The highest BCUT2D eigenvalue weighted by Gasteiger charge is 2.35. The van der Waals surface area contributed by atoms with Gasteiger partial charge in [-0.15, -0.1) is 0 Å². The number of cyclic esters (lactones) is 1. The van der Waals surface area contributed by atoms with Gasteiger partial charge >= 0.3 is 11.9 Å². The van der Waals surface area contributed by atoms with Crippen LogP contribution in [0, 0.1) is 0 Å². The van der Waals surface area contributed by atoms with Crippen LogP contribution in [0.5, 0.6) is 0 Å². The van der Waals surface area contributed by atoms with E-state index in [0.717, 1.165) is 0 Å². The van der Waals surface area contributed by atoms with Gasteiger partial charge in [0.25, 0.3) is 0 Å². The van der Waals surface area contributed by atoms with E-state index in [-0.39, 0.29) is 17.9 Å². The van der Waals surface area contributed by atoms with Crippen LogP contribution in [-0.4, -0.2) is 24.6 Å². The summed E-state index contributed by atoms with van der Waals surface area (Å²) in [5, 5.41) is 0. The predicted octanol–water partition coefficient (Wildman–Crippen LogP) is -0.292. The van der Waals surface area contributed by atoms with E-state index in [1.165, 1.54) is 0 Å². The second-order valence-electron chi connectivity index (χ2n) is 2.60. The van der Waals surface area contributed by atoms with Gasteiger partial charge in [0.05, 0.1) is 12.3 Å². The van der Waals surface area contributed by atoms with Gasteiger partial charge < -0.3 is 15.2 Å². The summed E-state index contributed by atoms with van der Waals surface area (Å²) in [4.78, 5) is 22.2. The molecule has 5 heteroatoms. The lowest BCUT2D eigenvalue weighted by Crippen LogP contribution is -2.16. The Morgan fingerprint density at radius 3 is 2.69 bits per heavy atom. The quantitative estimate of drug-likeness (QED) is 0.472. The summed E-state index contributed by atoms with van der Waals surface area (Å²) in [5.74, 6) is -1.42. The molecular weight excluding hydrogens is 174 g/mol. The summed E-state index contributed by atoms with van der Waals surface area (Å²) >= 11 is 0. The van der Waals surface area contributed by atoms with E-state index in [9.17, 15) is 9.59 Å². The number of esters is 2. The first-order chi connectivity index (χ1) is 6.07. The van der Waals surface area contributed by atoms with Gasteiger partial charge in [-0.1, -0.05) is 0 Å². The standard InChI is InChI=1S/C8H11NO4/c1-3-12-7(10)5-6(9)4(2)13-8(5)11/h4H,3,9H2,1-2H3. The van der Waals surface area contributed by atoms with Crippen LogP contribution in [0.2, 0.25) is 0 Å². The van der Waals surface area contributed by atoms with Gasteiger partial charge in [0.15, 0.2) is 5.57 Å². The van der Waals surface area contributed by atoms with E-state index in [1.807, 2.05) is 0 Å². The molecule has 5 nitrogen and oxygen atoms in total. The van der Waals surface area contributed by atoms with E-state index in [1.54, 1.807) is 13.8 Å². The molecule has 1 aliphatic heterocycles. The van der Waals surface area contributed by atoms with Crippen molar-refractivity contribution in [3.63, 3.8) is 0 Å². The lowest BCUT2D eigenvalue weighted by Gasteiger charge is -2.00. The van der Waals surface area contributed by atoms with E-state index < -0.39 is 18.0 Å². The molecule has 0 aliphatic carbocycles. The zero-order valence-corrected chi connectivity index (χ0v) is 7.49. The van der Waals surface area contributed by atoms with E-state index >= 15 is 0 Å². The predicted molar refractivity (Wildman–Crippen MR) is 43.4 cm³/mol. The molecule has 1 atom stereocenters. The summed E-state index contributed by atoms with van der Waals surface area (Å²) < 4.78 is 9.35. The Hall–Kier alpha value is -1.52. The van der Waals surface area contributed by atoms with Gasteiger partial charge in [-0.3, -0.25) is 0 Å². The van der Waals surface area contributed by atoms with Gasteiger partial charge in [0, 0.05) is 0 Å². The normalized spacial score (nSPS) is 21.7. The molecule has 1 rings (SSSR count). The Balaban J connectivity index is 2.89. The lowest BCUT2D eigenvalue weighted by atomic mass is 10.2. The van der Waals surface area contributed by atoms with Crippen LogP contribution in [0.4, 0.5) is 0 Å². The molecule has 0 fully saturated rings. The molecule has 0 aromatic carbocycles. The minimum absolute atomic E-state index is 0.142. The van der Waals surface area contributed by atoms with E-state index in [4.69, 9.17) is 10.5 Å². The van der Waals surface area contributed by atoms with Crippen molar-refractivity contribution in [1.82, 2.24) is 0 Å². The van der Waals surface area contributed by atoms with Crippen molar-refractivity contribution < 1.29 is 19.1 Å². The third-order valence-corrected chi connectivity index (χ3v) is 1.69. The van der Waals surface area contributed by atoms with Gasteiger partial charge in [0.2, 0.25) is 0 Å². The van der Waals surface area contributed by atoms with Gasteiger partial charge in [-0.25, -0.2) is 9.59 Å². The zero-order chi connectivity index (χ0) is 10.0. The lowest BCUT2D eigenvalue weighted by molar-refractivity contribution is -0.145. The molecular formula is C8H11NO4. The second-order valence-corrected chi connectivity index (χ2v) is 2.60. The van der Waals surface area contributed by atoms with Crippen molar-refractivity contribution in [1.29, 1.82) is 0 Å². The monoisotopic (exact) mass is 185 g/mol. The fourth-order valence-corrected chi connectivity index (χ4v) is 1.01. The maximum Gasteiger partial charge on any atom is 0.348 e. The van der Waals surface area contributed by atoms with Crippen LogP contribution in [0.3, 0.4) is 0 Å². The smallest absolute Gasteiger partial charge is 0.348 e. The minimum Gasteiger partial charge on any atom is -0.462 e. The maximum atomic E-state index is 11.2. The number of nitrogens with two attached hydrogens (primary N) is 1. The van der Waals surface area contributed by atoms with Crippen molar-refractivity contribution in [2.45, 2.75) is 20.0 Å².